The lowest BCUT2D eigenvalue weighted by atomic mass is 9.94. The van der Waals surface area contributed by atoms with Crippen molar-refractivity contribution >= 4 is 5.91 Å². The van der Waals surface area contributed by atoms with Crippen molar-refractivity contribution in [1.82, 2.24) is 21.1 Å². The van der Waals surface area contributed by atoms with Crippen molar-refractivity contribution < 1.29 is 9.53 Å². The maximum absolute atomic E-state index is 12.6. The topological polar surface area (TPSA) is 65.6 Å². The molecule has 0 aliphatic carbocycles. The number of hydrogen-bond donors (Lipinski definition) is 3. The fraction of sp³-hybridized carbons (Fsp3) is 0.588. The molecule has 2 aliphatic heterocycles. The summed E-state index contributed by atoms with van der Waals surface area (Å²) in [4.78, 5) is 14.7. The minimum atomic E-state index is -0.0889. The molecule has 6 heteroatoms. The monoisotopic (exact) mass is 318 g/mol. The van der Waals surface area contributed by atoms with Gasteiger partial charge >= 0.3 is 0 Å². The van der Waals surface area contributed by atoms with E-state index in [1.54, 1.807) is 7.11 Å². The number of hydrazine groups is 1. The van der Waals surface area contributed by atoms with Gasteiger partial charge in [-0.3, -0.25) is 20.5 Å². The first-order chi connectivity index (χ1) is 11.2. The van der Waals surface area contributed by atoms with Gasteiger partial charge < -0.3 is 10.1 Å². The number of methoxy groups -OCH3 is 1. The Kier molecular flexibility index (Phi) is 5.27. The van der Waals surface area contributed by atoms with E-state index in [9.17, 15) is 4.79 Å². The van der Waals surface area contributed by atoms with E-state index in [4.69, 9.17) is 4.74 Å². The van der Waals surface area contributed by atoms with Gasteiger partial charge in [0.05, 0.1) is 12.6 Å². The maximum atomic E-state index is 12.6. The molecule has 2 aliphatic rings. The predicted molar refractivity (Wildman–Crippen MR) is 88.8 cm³/mol. The van der Waals surface area contributed by atoms with Gasteiger partial charge in [0, 0.05) is 32.3 Å². The first-order valence-electron chi connectivity index (χ1n) is 8.22. The van der Waals surface area contributed by atoms with Crippen molar-refractivity contribution in [3.8, 4) is 0 Å². The molecule has 126 valence electrons. The molecule has 23 heavy (non-hydrogen) atoms. The van der Waals surface area contributed by atoms with Crippen molar-refractivity contribution in [1.29, 1.82) is 0 Å². The normalized spacial score (nSPS) is 27.7. The van der Waals surface area contributed by atoms with E-state index in [-0.39, 0.29) is 18.0 Å². The summed E-state index contributed by atoms with van der Waals surface area (Å²) in [5.41, 5.74) is 9.02. The van der Waals surface area contributed by atoms with Gasteiger partial charge in [-0.2, -0.15) is 0 Å². The van der Waals surface area contributed by atoms with E-state index in [1.807, 2.05) is 13.1 Å². The van der Waals surface area contributed by atoms with E-state index in [0.717, 1.165) is 19.4 Å². The Morgan fingerprint density at radius 2 is 2.04 bits per heavy atom. The first kappa shape index (κ1) is 16.4. The average Bonchev–Trinajstić information content (AvgIpc) is 3.00. The Labute approximate surface area is 137 Å². The molecule has 0 spiro atoms. The molecule has 6 nitrogen and oxygen atoms in total. The molecule has 3 atom stereocenters. The predicted octanol–water partition coefficient (Wildman–Crippen LogP) is 0.0408. The minimum absolute atomic E-state index is 0.0889. The molecule has 2 heterocycles. The van der Waals surface area contributed by atoms with Crippen molar-refractivity contribution in [2.24, 2.45) is 0 Å². The lowest BCUT2D eigenvalue weighted by Crippen LogP contribution is -2.51. The van der Waals surface area contributed by atoms with Crippen LogP contribution in [0.15, 0.2) is 24.3 Å². The summed E-state index contributed by atoms with van der Waals surface area (Å²) in [5, 5.41) is 3.09. The van der Waals surface area contributed by atoms with Gasteiger partial charge in [-0.25, -0.2) is 0 Å². The third-order valence-corrected chi connectivity index (χ3v) is 4.74. The second-order valence-electron chi connectivity index (χ2n) is 6.52. The number of nitrogens with zero attached hydrogens (tertiary/aromatic N) is 1. The summed E-state index contributed by atoms with van der Waals surface area (Å²) in [6.07, 6.45) is 1.73. The highest BCUT2D eigenvalue weighted by atomic mass is 16.5. The van der Waals surface area contributed by atoms with Crippen LogP contribution in [0.4, 0.5) is 0 Å². The number of fused-ring (bicyclic) bond motifs is 1. The number of amides is 1. The Hall–Kier alpha value is -1.47. The smallest absolute Gasteiger partial charge is 0.237 e. The highest BCUT2D eigenvalue weighted by molar-refractivity contribution is 5.82. The molecule has 1 amide bonds. The summed E-state index contributed by atoms with van der Waals surface area (Å²) in [5.74, 6) is 0.110. The third-order valence-electron chi connectivity index (χ3n) is 4.74. The van der Waals surface area contributed by atoms with Gasteiger partial charge in [0.1, 0.15) is 0 Å². The van der Waals surface area contributed by atoms with Crippen LogP contribution >= 0.6 is 0 Å². The van der Waals surface area contributed by atoms with Crippen LogP contribution in [-0.2, 0) is 22.5 Å². The maximum Gasteiger partial charge on any atom is 0.237 e. The molecule has 3 rings (SSSR count). The fourth-order valence-electron chi connectivity index (χ4n) is 3.43. The lowest BCUT2D eigenvalue weighted by Gasteiger charge is -2.33. The number of rotatable bonds is 5. The number of carbonyl (C=O) groups excluding carboxylic acids is 1. The van der Waals surface area contributed by atoms with E-state index >= 15 is 0 Å². The zero-order chi connectivity index (χ0) is 16.2. The molecular weight excluding hydrogens is 292 g/mol. The standard InChI is InChI=1S/C17H26N4O2/c1-21-10-13-6-4-3-5-12(13)7-16(21)17(22)18-9-14-8-15(11-23-2)20-19-14/h3-6,14-16,19-20H,7-11H2,1-2H3,(H,18,22). The lowest BCUT2D eigenvalue weighted by molar-refractivity contribution is -0.126. The van der Waals surface area contributed by atoms with Crippen molar-refractivity contribution in [3.05, 3.63) is 35.4 Å². The van der Waals surface area contributed by atoms with Gasteiger partial charge in [0.15, 0.2) is 0 Å². The molecule has 1 saturated heterocycles. The number of likely N-dealkylation sites (N-methyl/N-ethyl adjacent to an activating group) is 1. The molecule has 3 unspecified atom stereocenters. The van der Waals surface area contributed by atoms with Crippen molar-refractivity contribution in [3.63, 3.8) is 0 Å². The highest BCUT2D eigenvalue weighted by Gasteiger charge is 2.30. The Morgan fingerprint density at radius 3 is 2.83 bits per heavy atom. The fourth-order valence-corrected chi connectivity index (χ4v) is 3.43. The first-order valence-corrected chi connectivity index (χ1v) is 8.22. The minimum Gasteiger partial charge on any atom is -0.383 e. The van der Waals surface area contributed by atoms with E-state index in [1.165, 1.54) is 11.1 Å². The van der Waals surface area contributed by atoms with Crippen LogP contribution in [-0.4, -0.2) is 56.2 Å². The van der Waals surface area contributed by atoms with Crippen LogP contribution in [0.25, 0.3) is 0 Å². The van der Waals surface area contributed by atoms with Crippen LogP contribution in [0.1, 0.15) is 17.5 Å². The molecule has 0 radical (unpaired) electrons. The summed E-state index contributed by atoms with van der Waals surface area (Å²) in [7, 11) is 3.72. The van der Waals surface area contributed by atoms with Crippen molar-refractivity contribution in [2.45, 2.75) is 37.5 Å². The average molecular weight is 318 g/mol. The van der Waals surface area contributed by atoms with Crippen LogP contribution in [0.5, 0.6) is 0 Å². The Bertz CT molecular complexity index is 551. The van der Waals surface area contributed by atoms with E-state index in [2.05, 4.69) is 39.3 Å². The van der Waals surface area contributed by atoms with Crippen molar-refractivity contribution in [2.75, 3.05) is 27.3 Å². The number of carbonyl (C=O) groups is 1. The van der Waals surface area contributed by atoms with Crippen LogP contribution in [0, 0.1) is 0 Å². The molecule has 3 N–H and O–H groups in total. The summed E-state index contributed by atoms with van der Waals surface area (Å²) in [6, 6.07) is 8.84. The highest BCUT2D eigenvalue weighted by Crippen LogP contribution is 2.21. The number of hydrogen-bond acceptors (Lipinski definition) is 5. The molecule has 1 fully saturated rings. The van der Waals surface area contributed by atoms with E-state index in [0.29, 0.717) is 19.2 Å². The number of nitrogens with one attached hydrogen (secondary N) is 3. The molecule has 0 saturated carbocycles. The van der Waals surface area contributed by atoms with Gasteiger partial charge in [-0.05, 0) is 31.0 Å². The van der Waals surface area contributed by atoms with Crippen LogP contribution < -0.4 is 16.2 Å². The zero-order valence-corrected chi connectivity index (χ0v) is 13.8. The van der Waals surface area contributed by atoms with Gasteiger partial charge in [0.25, 0.3) is 0 Å². The second-order valence-corrected chi connectivity index (χ2v) is 6.52. The zero-order valence-electron chi connectivity index (χ0n) is 13.8. The summed E-state index contributed by atoms with van der Waals surface area (Å²) < 4.78 is 5.15. The molecule has 1 aromatic carbocycles. The molecule has 0 bridgehead atoms. The number of benzene rings is 1. The molecular formula is C17H26N4O2. The van der Waals surface area contributed by atoms with E-state index < -0.39 is 0 Å². The third kappa shape index (κ3) is 3.90. The van der Waals surface area contributed by atoms with Crippen LogP contribution in [0.3, 0.4) is 0 Å². The number of ether oxygens (including phenoxy) is 1. The van der Waals surface area contributed by atoms with Gasteiger partial charge in [0.2, 0.25) is 5.91 Å². The van der Waals surface area contributed by atoms with Gasteiger partial charge in [-0.1, -0.05) is 24.3 Å². The summed E-state index contributed by atoms with van der Waals surface area (Å²) in [6.45, 7) is 2.14. The largest absolute Gasteiger partial charge is 0.383 e. The Morgan fingerprint density at radius 1 is 1.30 bits per heavy atom. The SMILES string of the molecule is COCC1CC(CNC(=O)C2Cc3ccccc3CN2C)NN1. The quantitative estimate of drug-likeness (QED) is 0.715. The van der Waals surface area contributed by atoms with Gasteiger partial charge in [-0.15, -0.1) is 0 Å². The summed E-state index contributed by atoms with van der Waals surface area (Å²) >= 11 is 0. The Balaban J connectivity index is 1.51. The van der Waals surface area contributed by atoms with Crippen LogP contribution in [0.2, 0.25) is 0 Å². The second kappa shape index (κ2) is 7.40. The molecule has 1 aromatic rings. The molecule has 0 aromatic heterocycles.